The number of benzene rings is 1. The van der Waals surface area contributed by atoms with Crippen LogP contribution in [0, 0.1) is 0 Å². The maximum Gasteiger partial charge on any atom is 0.253 e. The van der Waals surface area contributed by atoms with Crippen molar-refractivity contribution in [3.8, 4) is 0 Å². The van der Waals surface area contributed by atoms with Crippen molar-refractivity contribution in [2.24, 2.45) is 4.99 Å². The number of nitrogens with one attached hydrogen (secondary N) is 2. The number of guanidine groups is 1. The highest BCUT2D eigenvalue weighted by Crippen LogP contribution is 2.15. The number of hydrogen-bond donors (Lipinski definition) is 2. The minimum atomic E-state index is 0.146. The van der Waals surface area contributed by atoms with Crippen LogP contribution in [0.4, 0.5) is 0 Å². The lowest BCUT2D eigenvalue weighted by molar-refractivity contribution is 0.0724. The SMILES string of the molecule is CCNC(=NCc1ccc(C(=O)N2CCCCC2)cc1)NCCc1ncc(CC)s1. The van der Waals surface area contributed by atoms with Gasteiger partial charge in [0.1, 0.15) is 0 Å². The van der Waals surface area contributed by atoms with Crippen LogP contribution in [0.25, 0.3) is 0 Å². The summed E-state index contributed by atoms with van der Waals surface area (Å²) in [4.78, 5) is 25.0. The van der Waals surface area contributed by atoms with Gasteiger partial charge >= 0.3 is 0 Å². The summed E-state index contributed by atoms with van der Waals surface area (Å²) in [6, 6.07) is 7.87. The van der Waals surface area contributed by atoms with Gasteiger partial charge < -0.3 is 15.5 Å². The number of rotatable bonds is 8. The first-order chi connectivity index (χ1) is 14.7. The van der Waals surface area contributed by atoms with E-state index in [0.717, 1.165) is 74.0 Å². The molecule has 30 heavy (non-hydrogen) atoms. The van der Waals surface area contributed by atoms with Gasteiger partial charge in [-0.2, -0.15) is 0 Å². The molecule has 0 bridgehead atoms. The Balaban J connectivity index is 1.51. The zero-order valence-electron chi connectivity index (χ0n) is 18.1. The summed E-state index contributed by atoms with van der Waals surface area (Å²) in [5, 5.41) is 7.83. The van der Waals surface area contributed by atoms with Crippen LogP contribution in [-0.4, -0.2) is 47.9 Å². The average Bonchev–Trinajstić information content (AvgIpc) is 3.26. The predicted octanol–water partition coefficient (Wildman–Crippen LogP) is 3.63. The van der Waals surface area contributed by atoms with Gasteiger partial charge in [-0.1, -0.05) is 19.1 Å². The first-order valence-electron chi connectivity index (χ1n) is 11.0. The number of likely N-dealkylation sites (tertiary alicyclic amines) is 1. The van der Waals surface area contributed by atoms with E-state index in [1.165, 1.54) is 11.3 Å². The summed E-state index contributed by atoms with van der Waals surface area (Å²) in [7, 11) is 0. The van der Waals surface area contributed by atoms with Crippen LogP contribution in [0.1, 0.15) is 58.9 Å². The molecule has 0 aliphatic carbocycles. The first kappa shape index (κ1) is 22.3. The number of piperidine rings is 1. The van der Waals surface area contributed by atoms with Crippen molar-refractivity contribution in [2.45, 2.75) is 52.5 Å². The average molecular weight is 428 g/mol. The topological polar surface area (TPSA) is 69.6 Å². The maximum absolute atomic E-state index is 12.6. The van der Waals surface area contributed by atoms with Crippen LogP contribution in [0.2, 0.25) is 0 Å². The zero-order chi connectivity index (χ0) is 21.2. The molecule has 6 nitrogen and oxygen atoms in total. The first-order valence-corrected chi connectivity index (χ1v) is 11.8. The molecule has 2 aromatic rings. The number of carbonyl (C=O) groups excluding carboxylic acids is 1. The predicted molar refractivity (Wildman–Crippen MR) is 124 cm³/mol. The molecule has 0 spiro atoms. The van der Waals surface area contributed by atoms with E-state index in [4.69, 9.17) is 0 Å². The van der Waals surface area contributed by atoms with Crippen molar-refractivity contribution in [3.05, 3.63) is 51.5 Å². The van der Waals surface area contributed by atoms with Gasteiger partial charge in [-0.3, -0.25) is 4.79 Å². The number of nitrogens with zero attached hydrogens (tertiary/aromatic N) is 3. The highest BCUT2D eigenvalue weighted by molar-refractivity contribution is 7.11. The number of hydrogen-bond acceptors (Lipinski definition) is 4. The smallest absolute Gasteiger partial charge is 0.253 e. The second kappa shape index (κ2) is 11.7. The van der Waals surface area contributed by atoms with Crippen LogP contribution in [-0.2, 0) is 19.4 Å². The second-order valence-corrected chi connectivity index (χ2v) is 8.70. The summed E-state index contributed by atoms with van der Waals surface area (Å²) in [5.74, 6) is 0.950. The third-order valence-corrected chi connectivity index (χ3v) is 6.39. The lowest BCUT2D eigenvalue weighted by Gasteiger charge is -2.26. The van der Waals surface area contributed by atoms with E-state index in [1.54, 1.807) is 11.3 Å². The van der Waals surface area contributed by atoms with Crippen molar-refractivity contribution in [1.82, 2.24) is 20.5 Å². The van der Waals surface area contributed by atoms with Crippen molar-refractivity contribution in [3.63, 3.8) is 0 Å². The molecule has 1 saturated heterocycles. The van der Waals surface area contributed by atoms with Crippen molar-refractivity contribution in [2.75, 3.05) is 26.2 Å². The summed E-state index contributed by atoms with van der Waals surface area (Å²) in [5.41, 5.74) is 1.86. The number of thiazole rings is 1. The molecular formula is C23H33N5OS. The van der Waals surface area contributed by atoms with Crippen molar-refractivity contribution < 1.29 is 4.79 Å². The van der Waals surface area contributed by atoms with Gasteiger partial charge in [0.15, 0.2) is 5.96 Å². The molecule has 1 amide bonds. The van der Waals surface area contributed by atoms with Gasteiger partial charge in [0.05, 0.1) is 11.6 Å². The fourth-order valence-corrected chi connectivity index (χ4v) is 4.32. The minimum absolute atomic E-state index is 0.146. The third kappa shape index (κ3) is 6.55. The van der Waals surface area contributed by atoms with Gasteiger partial charge in [-0.05, 0) is 50.3 Å². The van der Waals surface area contributed by atoms with E-state index < -0.39 is 0 Å². The largest absolute Gasteiger partial charge is 0.357 e. The molecule has 2 heterocycles. The normalized spacial score (nSPS) is 14.6. The third-order valence-electron chi connectivity index (χ3n) is 5.19. The molecule has 162 valence electrons. The van der Waals surface area contributed by atoms with E-state index in [0.29, 0.717) is 6.54 Å². The van der Waals surface area contributed by atoms with Crippen LogP contribution in [0.3, 0.4) is 0 Å². The van der Waals surface area contributed by atoms with Crippen LogP contribution < -0.4 is 10.6 Å². The summed E-state index contributed by atoms with van der Waals surface area (Å²) in [6.45, 7) is 8.16. The highest BCUT2D eigenvalue weighted by Gasteiger charge is 2.17. The van der Waals surface area contributed by atoms with Gasteiger partial charge in [0.2, 0.25) is 0 Å². The standard InChI is InChI=1S/C23H33N5OS/c1-3-20-17-26-21(30-20)12-13-25-23(24-4-2)27-16-18-8-10-19(11-9-18)22(29)28-14-6-5-7-15-28/h8-11,17H,3-7,12-16H2,1-2H3,(H2,24,25,27). The van der Waals surface area contributed by atoms with Crippen LogP contribution in [0.15, 0.2) is 35.5 Å². The van der Waals surface area contributed by atoms with Gasteiger partial charge in [0, 0.05) is 49.2 Å². The molecule has 1 fully saturated rings. The summed E-state index contributed by atoms with van der Waals surface area (Å²) >= 11 is 1.78. The Bertz CT molecular complexity index is 824. The Morgan fingerprint density at radius 2 is 1.90 bits per heavy atom. The molecule has 1 aromatic heterocycles. The van der Waals surface area contributed by atoms with Crippen molar-refractivity contribution >= 4 is 23.2 Å². The summed E-state index contributed by atoms with van der Waals surface area (Å²) in [6.07, 6.45) is 7.35. The quantitative estimate of drug-likeness (QED) is 0.499. The molecule has 3 rings (SSSR count). The molecular weight excluding hydrogens is 394 g/mol. The molecule has 2 N–H and O–H groups in total. The van der Waals surface area contributed by atoms with Crippen molar-refractivity contribution in [1.29, 1.82) is 0 Å². The van der Waals surface area contributed by atoms with Crippen LogP contribution >= 0.6 is 11.3 Å². The van der Waals surface area contributed by atoms with Gasteiger partial charge in [0.25, 0.3) is 5.91 Å². The van der Waals surface area contributed by atoms with E-state index in [9.17, 15) is 4.79 Å². The zero-order valence-corrected chi connectivity index (χ0v) is 18.9. The molecule has 0 saturated carbocycles. The molecule has 1 aliphatic heterocycles. The Labute approximate surface area is 183 Å². The number of aromatic nitrogens is 1. The van der Waals surface area contributed by atoms with E-state index >= 15 is 0 Å². The molecule has 7 heteroatoms. The number of amides is 1. The van der Waals surface area contributed by atoms with E-state index in [1.807, 2.05) is 35.4 Å². The second-order valence-electron chi connectivity index (χ2n) is 7.50. The lowest BCUT2D eigenvalue weighted by Crippen LogP contribution is -2.38. The molecule has 1 aliphatic rings. The monoisotopic (exact) mass is 427 g/mol. The Kier molecular flexibility index (Phi) is 8.68. The lowest BCUT2D eigenvalue weighted by atomic mass is 10.1. The maximum atomic E-state index is 12.6. The van der Waals surface area contributed by atoms with E-state index in [2.05, 4.69) is 34.5 Å². The minimum Gasteiger partial charge on any atom is -0.357 e. The highest BCUT2D eigenvalue weighted by atomic mass is 32.1. The van der Waals surface area contributed by atoms with Gasteiger partial charge in [-0.15, -0.1) is 11.3 Å². The van der Waals surface area contributed by atoms with E-state index in [-0.39, 0.29) is 5.91 Å². The van der Waals surface area contributed by atoms with Crippen LogP contribution in [0.5, 0.6) is 0 Å². The fourth-order valence-electron chi connectivity index (χ4n) is 3.46. The molecule has 0 atom stereocenters. The Morgan fingerprint density at radius 1 is 1.13 bits per heavy atom. The summed E-state index contributed by atoms with van der Waals surface area (Å²) < 4.78 is 0. The molecule has 0 radical (unpaired) electrons. The Morgan fingerprint density at radius 3 is 2.57 bits per heavy atom. The molecule has 1 aromatic carbocycles. The molecule has 0 unspecified atom stereocenters. The number of aliphatic imine (C=N–C) groups is 1. The van der Waals surface area contributed by atoms with Gasteiger partial charge in [-0.25, -0.2) is 9.98 Å². The fraction of sp³-hybridized carbons (Fsp3) is 0.522. The number of carbonyl (C=O) groups is 1. The Hall–Kier alpha value is -2.41. The number of aryl methyl sites for hydroxylation is 1.